The second-order valence-corrected chi connectivity index (χ2v) is 11.9. The van der Waals surface area contributed by atoms with Gasteiger partial charge < -0.3 is 4.74 Å². The number of amides is 1. The molecule has 43 heavy (non-hydrogen) atoms. The standard InChI is InChI=1S/C21H17NO3S.C15H11NO/c23-26(24,20-9-5-2-6-10-20)22-14-13-18-15-19(11-12-21(18)22)25-16-17-7-3-1-4-8-17;17-15-10-13-9-12(6-7-14(13)16-15)8-11-4-2-1-3-5-11/h1-15H,16H2;1-7,9-10H,8H2. The minimum Gasteiger partial charge on any atom is -0.489 e. The zero-order valence-corrected chi connectivity index (χ0v) is 24.0. The average Bonchev–Trinajstić information content (AvgIpc) is 3.64. The Kier molecular flexibility index (Phi) is 7.98. The molecule has 0 saturated carbocycles. The summed E-state index contributed by atoms with van der Waals surface area (Å²) in [6.07, 6.45) is 4.05. The molecule has 1 amide bonds. The third-order valence-corrected chi connectivity index (χ3v) is 8.73. The molecule has 0 atom stereocenters. The summed E-state index contributed by atoms with van der Waals surface area (Å²) in [6.45, 7) is 0.468. The summed E-state index contributed by atoms with van der Waals surface area (Å²) >= 11 is 0. The van der Waals surface area contributed by atoms with Gasteiger partial charge in [-0.2, -0.15) is 0 Å². The molecule has 6 aromatic rings. The van der Waals surface area contributed by atoms with Crippen LogP contribution in [0.25, 0.3) is 17.0 Å². The molecule has 2 heterocycles. The van der Waals surface area contributed by atoms with E-state index < -0.39 is 10.0 Å². The molecule has 0 radical (unpaired) electrons. The summed E-state index contributed by atoms with van der Waals surface area (Å²) in [5, 5.41) is 2.53. The molecule has 1 aliphatic heterocycles. The van der Waals surface area contributed by atoms with Gasteiger partial charge in [0.2, 0.25) is 0 Å². The number of hydrogen-bond donors (Lipinski definition) is 0. The summed E-state index contributed by atoms with van der Waals surface area (Å²) in [6, 6.07) is 41.8. The first-order valence-electron chi connectivity index (χ1n) is 13.8. The molecule has 212 valence electrons. The van der Waals surface area contributed by atoms with Crippen LogP contribution in [0.2, 0.25) is 0 Å². The predicted molar refractivity (Wildman–Crippen MR) is 168 cm³/mol. The minimum atomic E-state index is -3.61. The van der Waals surface area contributed by atoms with Crippen LogP contribution in [0.4, 0.5) is 0 Å². The first kappa shape index (κ1) is 27.9. The Bertz CT molecular complexity index is 2120. The smallest absolute Gasteiger partial charge is 0.270 e. The van der Waals surface area contributed by atoms with Crippen LogP contribution in [0.3, 0.4) is 0 Å². The number of benzene rings is 5. The van der Waals surface area contributed by atoms with Gasteiger partial charge >= 0.3 is 0 Å². The highest BCUT2D eigenvalue weighted by atomic mass is 32.2. The number of nitrogens with zero attached hydrogens (tertiary/aromatic N) is 2. The fourth-order valence-corrected chi connectivity index (χ4v) is 6.26. The first-order chi connectivity index (χ1) is 21.0. The zero-order valence-electron chi connectivity index (χ0n) is 23.2. The van der Waals surface area contributed by atoms with Gasteiger partial charge in [-0.1, -0.05) is 84.9 Å². The molecule has 1 aliphatic rings. The molecule has 0 unspecified atom stereocenters. The van der Waals surface area contributed by atoms with Gasteiger partial charge in [0.25, 0.3) is 15.9 Å². The van der Waals surface area contributed by atoms with Crippen molar-refractivity contribution in [2.45, 2.75) is 17.9 Å². The second kappa shape index (κ2) is 12.3. The van der Waals surface area contributed by atoms with E-state index in [1.807, 2.05) is 72.8 Å². The van der Waals surface area contributed by atoms with Crippen molar-refractivity contribution in [2.24, 2.45) is 4.99 Å². The average molecular weight is 585 g/mol. The van der Waals surface area contributed by atoms with Crippen LogP contribution in [0.15, 0.2) is 150 Å². The maximum Gasteiger partial charge on any atom is 0.270 e. The molecule has 0 fully saturated rings. The molecule has 0 bridgehead atoms. The highest BCUT2D eigenvalue weighted by Crippen LogP contribution is 2.26. The van der Waals surface area contributed by atoms with Gasteiger partial charge in [-0.15, -0.1) is 0 Å². The molecule has 1 aromatic heterocycles. The molecule has 6 nitrogen and oxygen atoms in total. The molecular weight excluding hydrogens is 556 g/mol. The number of ether oxygens (including phenoxy) is 1. The van der Waals surface area contributed by atoms with Crippen molar-refractivity contribution in [3.63, 3.8) is 0 Å². The van der Waals surface area contributed by atoms with Gasteiger partial charge in [-0.05, 0) is 71.6 Å². The Hall–Kier alpha value is -5.27. The van der Waals surface area contributed by atoms with E-state index in [4.69, 9.17) is 4.74 Å². The van der Waals surface area contributed by atoms with Crippen molar-refractivity contribution in [2.75, 3.05) is 0 Å². The summed E-state index contributed by atoms with van der Waals surface area (Å²) in [4.78, 5) is 15.3. The van der Waals surface area contributed by atoms with Crippen LogP contribution < -0.4 is 15.3 Å². The van der Waals surface area contributed by atoms with Crippen LogP contribution in [0.5, 0.6) is 5.75 Å². The van der Waals surface area contributed by atoms with E-state index in [9.17, 15) is 13.2 Å². The van der Waals surface area contributed by atoms with Gasteiger partial charge in [0.05, 0.1) is 15.8 Å². The Morgan fingerprint density at radius 1 is 0.674 bits per heavy atom. The van der Waals surface area contributed by atoms with Crippen molar-refractivity contribution < 1.29 is 17.9 Å². The molecule has 0 aliphatic carbocycles. The van der Waals surface area contributed by atoms with Crippen molar-refractivity contribution in [1.29, 1.82) is 0 Å². The van der Waals surface area contributed by atoms with E-state index >= 15 is 0 Å². The van der Waals surface area contributed by atoms with E-state index in [1.165, 1.54) is 15.1 Å². The van der Waals surface area contributed by atoms with Crippen molar-refractivity contribution in [3.8, 4) is 5.75 Å². The lowest BCUT2D eigenvalue weighted by molar-refractivity contribution is -0.112. The Morgan fingerprint density at radius 2 is 1.35 bits per heavy atom. The first-order valence-corrected chi connectivity index (χ1v) is 15.3. The number of carbonyl (C=O) groups is 1. The van der Waals surface area contributed by atoms with Crippen LogP contribution in [-0.4, -0.2) is 18.3 Å². The zero-order chi connectivity index (χ0) is 29.6. The van der Waals surface area contributed by atoms with Gasteiger partial charge in [0.15, 0.2) is 0 Å². The largest absolute Gasteiger partial charge is 0.489 e. The topological polar surface area (TPSA) is 77.7 Å². The van der Waals surface area contributed by atoms with Crippen molar-refractivity contribution in [3.05, 3.63) is 167 Å². The van der Waals surface area contributed by atoms with Crippen molar-refractivity contribution in [1.82, 2.24) is 3.97 Å². The number of rotatable bonds is 7. The predicted octanol–water partition coefficient (Wildman–Crippen LogP) is 5.68. The van der Waals surface area contributed by atoms with E-state index in [-0.39, 0.29) is 10.8 Å². The van der Waals surface area contributed by atoms with E-state index in [0.717, 1.165) is 27.9 Å². The van der Waals surface area contributed by atoms with Crippen LogP contribution >= 0.6 is 0 Å². The lowest BCUT2D eigenvalue weighted by Gasteiger charge is -2.09. The Labute approximate surface area is 249 Å². The molecular formula is C36H28N2O4S. The van der Waals surface area contributed by atoms with Gasteiger partial charge in [0, 0.05) is 22.9 Å². The van der Waals surface area contributed by atoms with E-state index in [0.29, 0.717) is 17.9 Å². The highest BCUT2D eigenvalue weighted by Gasteiger charge is 2.18. The third kappa shape index (κ3) is 6.47. The number of aromatic nitrogens is 1. The normalized spacial score (nSPS) is 12.0. The number of hydrogen-bond acceptors (Lipinski definition) is 4. The monoisotopic (exact) mass is 584 g/mol. The fraction of sp³-hybridized carbons (Fsp3) is 0.0556. The van der Waals surface area contributed by atoms with Crippen LogP contribution in [0, 0.1) is 0 Å². The van der Waals surface area contributed by atoms with Crippen LogP contribution in [-0.2, 0) is 27.8 Å². The summed E-state index contributed by atoms with van der Waals surface area (Å²) in [5.41, 5.74) is 4.18. The third-order valence-electron chi connectivity index (χ3n) is 7.03. The number of fused-ring (bicyclic) bond motifs is 2. The van der Waals surface area contributed by atoms with Crippen molar-refractivity contribution >= 4 is 32.9 Å². The van der Waals surface area contributed by atoms with E-state index in [1.54, 1.807) is 60.8 Å². The highest BCUT2D eigenvalue weighted by molar-refractivity contribution is 7.90. The molecule has 5 aromatic carbocycles. The fourth-order valence-electron chi connectivity index (χ4n) is 4.89. The molecule has 0 saturated heterocycles. The van der Waals surface area contributed by atoms with E-state index in [2.05, 4.69) is 17.1 Å². The molecule has 0 N–H and O–H groups in total. The SMILES string of the molecule is O=C1C=c2cc(Cc3ccccc3)ccc2=N1.O=S(=O)(c1ccccc1)n1ccc2cc(OCc3ccccc3)ccc21. The molecule has 0 spiro atoms. The summed E-state index contributed by atoms with van der Waals surface area (Å²) in [7, 11) is -3.61. The van der Waals surface area contributed by atoms with Crippen LogP contribution in [0.1, 0.15) is 16.7 Å². The van der Waals surface area contributed by atoms with Gasteiger partial charge in [-0.3, -0.25) is 4.79 Å². The maximum absolute atomic E-state index is 12.8. The lowest BCUT2D eigenvalue weighted by Crippen LogP contribution is -2.21. The quantitative estimate of drug-likeness (QED) is 0.242. The molecule has 7 rings (SSSR count). The lowest BCUT2D eigenvalue weighted by atomic mass is 10.0. The minimum absolute atomic E-state index is 0.156. The van der Waals surface area contributed by atoms with Gasteiger partial charge in [0.1, 0.15) is 12.4 Å². The summed E-state index contributed by atoms with van der Waals surface area (Å²) in [5.74, 6) is 0.549. The summed E-state index contributed by atoms with van der Waals surface area (Å²) < 4.78 is 32.8. The molecule has 7 heteroatoms. The Balaban J connectivity index is 0.000000167. The second-order valence-electron chi connectivity index (χ2n) is 10.1. The Morgan fingerprint density at radius 3 is 2.07 bits per heavy atom. The number of carbonyl (C=O) groups excluding carboxylic acids is 1. The van der Waals surface area contributed by atoms with Gasteiger partial charge in [-0.25, -0.2) is 17.4 Å². The maximum atomic E-state index is 12.8.